The monoisotopic (exact) mass is 343 g/mol. The fourth-order valence-electron chi connectivity index (χ4n) is 1.89. The molecule has 94 valence electrons. The molecule has 0 heterocycles. The van der Waals surface area contributed by atoms with Crippen molar-refractivity contribution in [3.63, 3.8) is 0 Å². The van der Waals surface area contributed by atoms with Gasteiger partial charge in [0, 0.05) is 14.5 Å². The molecule has 2 rings (SSSR count). The van der Waals surface area contributed by atoms with E-state index in [1.165, 1.54) is 0 Å². The SMILES string of the molecule is CNC(c1ccc(Br)cc1)c1cc(Cl)ccc1Cl. The van der Waals surface area contributed by atoms with Crippen LogP contribution in [-0.2, 0) is 0 Å². The van der Waals surface area contributed by atoms with Crippen molar-refractivity contribution in [2.75, 3.05) is 7.05 Å². The van der Waals surface area contributed by atoms with Gasteiger partial charge in [0.05, 0.1) is 6.04 Å². The number of halogens is 3. The van der Waals surface area contributed by atoms with Gasteiger partial charge in [0.25, 0.3) is 0 Å². The predicted molar refractivity (Wildman–Crippen MR) is 81.5 cm³/mol. The second kappa shape index (κ2) is 6.07. The minimum absolute atomic E-state index is 0.0318. The van der Waals surface area contributed by atoms with Gasteiger partial charge in [0.15, 0.2) is 0 Å². The summed E-state index contributed by atoms with van der Waals surface area (Å²) in [7, 11) is 1.91. The third kappa shape index (κ3) is 3.07. The summed E-state index contributed by atoms with van der Waals surface area (Å²) in [6.07, 6.45) is 0. The highest BCUT2D eigenvalue weighted by atomic mass is 79.9. The van der Waals surface area contributed by atoms with E-state index in [-0.39, 0.29) is 6.04 Å². The van der Waals surface area contributed by atoms with Gasteiger partial charge in [-0.1, -0.05) is 51.3 Å². The molecule has 0 aromatic heterocycles. The molecule has 0 saturated carbocycles. The highest BCUT2D eigenvalue weighted by Gasteiger charge is 2.15. The first-order chi connectivity index (χ1) is 8.61. The van der Waals surface area contributed by atoms with Crippen LogP contribution in [0.4, 0.5) is 0 Å². The molecule has 1 N–H and O–H groups in total. The van der Waals surface area contributed by atoms with E-state index in [0.29, 0.717) is 10.0 Å². The Bertz CT molecular complexity index is 540. The third-order valence-corrected chi connectivity index (χ3v) is 3.87. The van der Waals surface area contributed by atoms with E-state index >= 15 is 0 Å². The third-order valence-electron chi connectivity index (χ3n) is 2.76. The van der Waals surface area contributed by atoms with E-state index in [9.17, 15) is 0 Å². The van der Waals surface area contributed by atoms with Crippen LogP contribution in [0.25, 0.3) is 0 Å². The van der Waals surface area contributed by atoms with Crippen LogP contribution in [0.5, 0.6) is 0 Å². The molecule has 2 aromatic rings. The highest BCUT2D eigenvalue weighted by Crippen LogP contribution is 2.30. The van der Waals surface area contributed by atoms with Gasteiger partial charge in [-0.25, -0.2) is 0 Å². The van der Waals surface area contributed by atoms with Gasteiger partial charge < -0.3 is 5.32 Å². The quantitative estimate of drug-likeness (QED) is 0.820. The lowest BCUT2D eigenvalue weighted by Crippen LogP contribution is -2.18. The van der Waals surface area contributed by atoms with E-state index in [2.05, 4.69) is 33.4 Å². The zero-order valence-electron chi connectivity index (χ0n) is 9.75. The van der Waals surface area contributed by atoms with Crippen molar-refractivity contribution < 1.29 is 0 Å². The summed E-state index contributed by atoms with van der Waals surface area (Å²) < 4.78 is 1.05. The molecule has 1 atom stereocenters. The Balaban J connectivity index is 2.44. The molecule has 1 nitrogen and oxygen atoms in total. The maximum absolute atomic E-state index is 6.24. The molecule has 18 heavy (non-hydrogen) atoms. The van der Waals surface area contributed by atoms with E-state index in [4.69, 9.17) is 23.2 Å². The molecular formula is C14H12BrCl2N. The molecule has 0 aliphatic heterocycles. The lowest BCUT2D eigenvalue weighted by molar-refractivity contribution is 0.692. The van der Waals surface area contributed by atoms with Crippen LogP contribution in [0.1, 0.15) is 17.2 Å². The van der Waals surface area contributed by atoms with Crippen molar-refractivity contribution in [1.82, 2.24) is 5.32 Å². The van der Waals surface area contributed by atoms with Gasteiger partial charge in [-0.2, -0.15) is 0 Å². The van der Waals surface area contributed by atoms with Gasteiger partial charge >= 0.3 is 0 Å². The van der Waals surface area contributed by atoms with E-state index in [1.807, 2.05) is 31.3 Å². The van der Waals surface area contributed by atoms with Gasteiger partial charge in [-0.15, -0.1) is 0 Å². The number of benzene rings is 2. The first kappa shape index (κ1) is 13.9. The summed E-state index contributed by atoms with van der Waals surface area (Å²) in [6, 6.07) is 13.7. The van der Waals surface area contributed by atoms with Crippen molar-refractivity contribution in [3.8, 4) is 0 Å². The molecule has 1 unspecified atom stereocenters. The molecular weight excluding hydrogens is 333 g/mol. The van der Waals surface area contributed by atoms with Crippen molar-refractivity contribution >= 4 is 39.1 Å². The summed E-state index contributed by atoms with van der Waals surface area (Å²) in [5.74, 6) is 0. The second-order valence-electron chi connectivity index (χ2n) is 3.94. The van der Waals surface area contributed by atoms with Crippen molar-refractivity contribution in [2.45, 2.75) is 6.04 Å². The van der Waals surface area contributed by atoms with Crippen LogP contribution < -0.4 is 5.32 Å². The molecule has 0 saturated heterocycles. The summed E-state index contributed by atoms with van der Waals surface area (Å²) in [6.45, 7) is 0. The number of hydrogen-bond acceptors (Lipinski definition) is 1. The van der Waals surface area contributed by atoms with Gasteiger partial charge in [0.1, 0.15) is 0 Å². The van der Waals surface area contributed by atoms with Crippen LogP contribution in [0, 0.1) is 0 Å². The molecule has 0 aliphatic carbocycles. The minimum atomic E-state index is 0.0318. The topological polar surface area (TPSA) is 12.0 Å². The van der Waals surface area contributed by atoms with Crippen LogP contribution >= 0.6 is 39.1 Å². The van der Waals surface area contributed by atoms with Gasteiger partial charge in [-0.3, -0.25) is 0 Å². The number of rotatable bonds is 3. The molecule has 0 radical (unpaired) electrons. The highest BCUT2D eigenvalue weighted by molar-refractivity contribution is 9.10. The number of nitrogens with one attached hydrogen (secondary N) is 1. The molecule has 4 heteroatoms. The fraction of sp³-hybridized carbons (Fsp3) is 0.143. The smallest absolute Gasteiger partial charge is 0.0589 e. The molecule has 0 spiro atoms. The van der Waals surface area contributed by atoms with Gasteiger partial charge in [-0.05, 0) is 48.5 Å². The Morgan fingerprint density at radius 2 is 1.72 bits per heavy atom. The van der Waals surface area contributed by atoms with E-state index in [1.54, 1.807) is 6.07 Å². The van der Waals surface area contributed by atoms with Crippen LogP contribution in [0.3, 0.4) is 0 Å². The van der Waals surface area contributed by atoms with Crippen molar-refractivity contribution in [2.24, 2.45) is 0 Å². The van der Waals surface area contributed by atoms with Crippen LogP contribution in [-0.4, -0.2) is 7.05 Å². The van der Waals surface area contributed by atoms with Crippen LogP contribution in [0.15, 0.2) is 46.9 Å². The van der Waals surface area contributed by atoms with Crippen molar-refractivity contribution in [3.05, 3.63) is 68.1 Å². The summed E-state index contributed by atoms with van der Waals surface area (Å²) in [5.41, 5.74) is 2.12. The van der Waals surface area contributed by atoms with E-state index < -0.39 is 0 Å². The number of hydrogen-bond donors (Lipinski definition) is 1. The summed E-state index contributed by atoms with van der Waals surface area (Å²) in [5, 5.41) is 4.66. The molecule has 0 aliphatic rings. The maximum atomic E-state index is 6.24. The van der Waals surface area contributed by atoms with Crippen molar-refractivity contribution in [1.29, 1.82) is 0 Å². The zero-order valence-corrected chi connectivity index (χ0v) is 12.9. The molecule has 0 bridgehead atoms. The minimum Gasteiger partial charge on any atom is -0.309 e. The Morgan fingerprint density at radius 1 is 1.06 bits per heavy atom. The Labute approximate surface area is 125 Å². The average Bonchev–Trinajstić information content (AvgIpc) is 2.37. The van der Waals surface area contributed by atoms with Crippen LogP contribution in [0.2, 0.25) is 10.0 Å². The molecule has 2 aromatic carbocycles. The molecule has 0 amide bonds. The standard InChI is InChI=1S/C14H12BrCl2N/c1-18-14(9-2-4-10(15)5-3-9)12-8-11(16)6-7-13(12)17/h2-8,14,18H,1H3. The normalized spacial score (nSPS) is 12.4. The Morgan fingerprint density at radius 3 is 2.33 bits per heavy atom. The summed E-state index contributed by atoms with van der Waals surface area (Å²) in [4.78, 5) is 0. The first-order valence-corrected chi connectivity index (χ1v) is 7.04. The first-order valence-electron chi connectivity index (χ1n) is 5.49. The van der Waals surface area contributed by atoms with Gasteiger partial charge in [0.2, 0.25) is 0 Å². The van der Waals surface area contributed by atoms with E-state index in [0.717, 1.165) is 15.6 Å². The lowest BCUT2D eigenvalue weighted by Gasteiger charge is -2.19. The lowest BCUT2D eigenvalue weighted by atomic mass is 9.99. The fourth-order valence-corrected chi connectivity index (χ4v) is 2.56. The Kier molecular flexibility index (Phi) is 4.68. The zero-order chi connectivity index (χ0) is 13.1. The predicted octanol–water partition coefficient (Wildman–Crippen LogP) is 5.06. The maximum Gasteiger partial charge on any atom is 0.0589 e. The molecule has 0 fully saturated rings. The average molecular weight is 345 g/mol. The Hall–Kier alpha value is -0.540. The largest absolute Gasteiger partial charge is 0.309 e. The second-order valence-corrected chi connectivity index (χ2v) is 5.70. The summed E-state index contributed by atoms with van der Waals surface area (Å²) >= 11 is 15.7.